The molecule has 5 heteroatoms. The second kappa shape index (κ2) is 9.53. The van der Waals surface area contributed by atoms with Crippen LogP contribution >= 0.6 is 0 Å². The monoisotopic (exact) mass is 319 g/mol. The minimum atomic E-state index is 0.624. The largest absolute Gasteiger partial charge is 0.382 e. The van der Waals surface area contributed by atoms with Crippen molar-refractivity contribution in [1.29, 1.82) is 0 Å². The number of nitrogens with zero attached hydrogens (tertiary/aromatic N) is 1. The van der Waals surface area contributed by atoms with Gasteiger partial charge in [0.15, 0.2) is 0 Å². The van der Waals surface area contributed by atoms with E-state index in [0.717, 1.165) is 42.8 Å². The van der Waals surface area contributed by atoms with Gasteiger partial charge < -0.3 is 19.8 Å². The van der Waals surface area contributed by atoms with E-state index in [4.69, 9.17) is 9.47 Å². The second-order valence-corrected chi connectivity index (χ2v) is 5.76. The first-order chi connectivity index (χ1) is 11.3. The van der Waals surface area contributed by atoms with E-state index >= 15 is 0 Å². The Morgan fingerprint density at radius 1 is 1.04 bits per heavy atom. The van der Waals surface area contributed by atoms with Crippen molar-refractivity contribution in [2.75, 3.05) is 38.8 Å². The normalized spacial score (nSPS) is 11.3. The third-order valence-electron chi connectivity index (χ3n) is 3.81. The van der Waals surface area contributed by atoms with Gasteiger partial charge in [-0.1, -0.05) is 26.7 Å². The molecule has 23 heavy (non-hydrogen) atoms. The fraction of sp³-hybridized carbons (Fsp3) is 0.611. The maximum absolute atomic E-state index is 5.44. The third kappa shape index (κ3) is 5.22. The topological polar surface area (TPSA) is 59.2 Å². The molecule has 2 aromatic rings. The minimum Gasteiger partial charge on any atom is -0.382 e. The van der Waals surface area contributed by atoms with Crippen LogP contribution in [0, 0.1) is 0 Å². The van der Waals surface area contributed by atoms with E-state index in [2.05, 4.69) is 41.3 Å². The van der Waals surface area contributed by atoms with Gasteiger partial charge in [-0.05, 0) is 36.1 Å². The number of benzene rings is 1. The lowest BCUT2D eigenvalue weighted by molar-refractivity contribution is 0.0759. The van der Waals surface area contributed by atoms with E-state index in [9.17, 15) is 0 Å². The van der Waals surface area contributed by atoms with Crippen molar-refractivity contribution < 1.29 is 9.47 Å². The first kappa shape index (κ1) is 17.8. The van der Waals surface area contributed by atoms with E-state index in [0.29, 0.717) is 19.8 Å². The van der Waals surface area contributed by atoms with Crippen LogP contribution in [0.2, 0.25) is 0 Å². The highest BCUT2D eigenvalue weighted by Crippen LogP contribution is 2.22. The third-order valence-corrected chi connectivity index (χ3v) is 3.81. The molecule has 0 atom stereocenters. The summed E-state index contributed by atoms with van der Waals surface area (Å²) in [6, 6.07) is 4.50. The number of aromatic amines is 1. The molecule has 0 bridgehead atoms. The molecule has 1 heterocycles. The quantitative estimate of drug-likeness (QED) is 0.622. The Morgan fingerprint density at radius 3 is 2.48 bits per heavy atom. The van der Waals surface area contributed by atoms with Crippen molar-refractivity contribution in [1.82, 2.24) is 9.97 Å². The van der Waals surface area contributed by atoms with Gasteiger partial charge in [0.2, 0.25) is 5.95 Å². The Bertz CT molecular complexity index is 552. The van der Waals surface area contributed by atoms with Gasteiger partial charge in [0, 0.05) is 13.7 Å². The first-order valence-corrected chi connectivity index (χ1v) is 8.60. The van der Waals surface area contributed by atoms with Gasteiger partial charge in [-0.2, -0.15) is 0 Å². The summed E-state index contributed by atoms with van der Waals surface area (Å²) in [4.78, 5) is 8.01. The molecular formula is C18H29N3O2. The lowest BCUT2D eigenvalue weighted by Gasteiger charge is -2.07. The molecule has 2 N–H and O–H groups in total. The molecule has 0 fully saturated rings. The van der Waals surface area contributed by atoms with Crippen molar-refractivity contribution in [3.63, 3.8) is 0 Å². The van der Waals surface area contributed by atoms with Crippen molar-refractivity contribution in [2.45, 2.75) is 39.5 Å². The molecular weight excluding hydrogens is 290 g/mol. The van der Waals surface area contributed by atoms with E-state index in [1.54, 1.807) is 7.11 Å². The highest BCUT2D eigenvalue weighted by atomic mass is 16.5. The molecule has 0 saturated carbocycles. The van der Waals surface area contributed by atoms with Crippen LogP contribution in [0.1, 0.15) is 37.8 Å². The fourth-order valence-corrected chi connectivity index (χ4v) is 2.72. The van der Waals surface area contributed by atoms with Gasteiger partial charge in [0.1, 0.15) is 0 Å². The number of hydrogen-bond donors (Lipinski definition) is 2. The maximum atomic E-state index is 5.44. The molecule has 0 aliphatic rings. The van der Waals surface area contributed by atoms with Crippen molar-refractivity contribution in [2.24, 2.45) is 0 Å². The van der Waals surface area contributed by atoms with Gasteiger partial charge >= 0.3 is 0 Å². The van der Waals surface area contributed by atoms with Crippen LogP contribution in [0.5, 0.6) is 0 Å². The fourth-order valence-electron chi connectivity index (χ4n) is 2.72. The summed E-state index contributed by atoms with van der Waals surface area (Å²) in [5.74, 6) is 0.812. The average molecular weight is 319 g/mol. The number of hydrogen-bond acceptors (Lipinski definition) is 4. The predicted octanol–water partition coefficient (Wildman–Crippen LogP) is 3.54. The number of aryl methyl sites for hydroxylation is 2. The summed E-state index contributed by atoms with van der Waals surface area (Å²) in [7, 11) is 1.68. The zero-order valence-corrected chi connectivity index (χ0v) is 14.6. The first-order valence-electron chi connectivity index (χ1n) is 8.60. The summed E-state index contributed by atoms with van der Waals surface area (Å²) >= 11 is 0. The summed E-state index contributed by atoms with van der Waals surface area (Å²) < 4.78 is 10.4. The number of ether oxygens (including phenoxy) is 2. The summed E-state index contributed by atoms with van der Waals surface area (Å²) in [6.45, 7) is 7.07. The molecule has 0 saturated heterocycles. The lowest BCUT2D eigenvalue weighted by atomic mass is 9.99. The highest BCUT2D eigenvalue weighted by molar-refractivity contribution is 5.79. The van der Waals surface area contributed by atoms with Gasteiger partial charge in [-0.25, -0.2) is 4.98 Å². The van der Waals surface area contributed by atoms with Gasteiger partial charge in [-0.3, -0.25) is 0 Å². The standard InChI is InChI=1S/C18H29N3O2/c1-4-6-14-12-16-17(13-15(14)7-5-2)21-18(20-16)19-8-9-23-11-10-22-3/h12-13H,4-11H2,1-3H3,(H2,19,20,21). The number of nitrogens with one attached hydrogen (secondary N) is 2. The van der Waals surface area contributed by atoms with Gasteiger partial charge in [0.25, 0.3) is 0 Å². The molecule has 128 valence electrons. The Morgan fingerprint density at radius 2 is 1.78 bits per heavy atom. The Kier molecular flexibility index (Phi) is 7.36. The number of rotatable bonds is 11. The van der Waals surface area contributed by atoms with E-state index < -0.39 is 0 Å². The van der Waals surface area contributed by atoms with Crippen LogP contribution < -0.4 is 5.32 Å². The molecule has 1 aromatic carbocycles. The SMILES string of the molecule is CCCc1cc2nc(NCCOCCOC)[nH]c2cc1CCC. The van der Waals surface area contributed by atoms with Crippen molar-refractivity contribution in [3.05, 3.63) is 23.3 Å². The number of aromatic nitrogens is 2. The molecule has 0 radical (unpaired) electrons. The van der Waals surface area contributed by atoms with Crippen LogP contribution in [0.4, 0.5) is 5.95 Å². The van der Waals surface area contributed by atoms with E-state index in [1.165, 1.54) is 17.5 Å². The minimum absolute atomic E-state index is 0.624. The molecule has 0 aliphatic carbocycles. The summed E-state index contributed by atoms with van der Waals surface area (Å²) in [5, 5.41) is 3.28. The van der Waals surface area contributed by atoms with Gasteiger partial charge in [0.05, 0.1) is 30.9 Å². The predicted molar refractivity (Wildman–Crippen MR) is 95.3 cm³/mol. The number of methoxy groups -OCH3 is 1. The zero-order valence-electron chi connectivity index (χ0n) is 14.6. The number of imidazole rings is 1. The molecule has 5 nitrogen and oxygen atoms in total. The van der Waals surface area contributed by atoms with Gasteiger partial charge in [-0.15, -0.1) is 0 Å². The lowest BCUT2D eigenvalue weighted by Crippen LogP contribution is -2.12. The Hall–Kier alpha value is -1.59. The Balaban J connectivity index is 2.00. The number of fused-ring (bicyclic) bond motifs is 1. The van der Waals surface area contributed by atoms with Crippen LogP contribution in [0.25, 0.3) is 11.0 Å². The van der Waals surface area contributed by atoms with Crippen LogP contribution in [0.15, 0.2) is 12.1 Å². The number of H-pyrrole nitrogens is 1. The van der Waals surface area contributed by atoms with Crippen LogP contribution in [-0.4, -0.2) is 43.4 Å². The highest BCUT2D eigenvalue weighted by Gasteiger charge is 2.08. The smallest absolute Gasteiger partial charge is 0.201 e. The van der Waals surface area contributed by atoms with E-state index in [-0.39, 0.29) is 0 Å². The molecule has 2 rings (SSSR count). The van der Waals surface area contributed by atoms with Crippen LogP contribution in [-0.2, 0) is 22.3 Å². The Labute approximate surface area is 138 Å². The molecule has 0 aliphatic heterocycles. The number of anilines is 1. The summed E-state index contributed by atoms with van der Waals surface area (Å²) in [5.41, 5.74) is 5.02. The summed E-state index contributed by atoms with van der Waals surface area (Å²) in [6.07, 6.45) is 4.57. The molecule has 0 spiro atoms. The van der Waals surface area contributed by atoms with Crippen LogP contribution in [0.3, 0.4) is 0 Å². The molecule has 1 aromatic heterocycles. The van der Waals surface area contributed by atoms with Crippen molar-refractivity contribution >= 4 is 17.0 Å². The van der Waals surface area contributed by atoms with E-state index in [1.807, 2.05) is 0 Å². The second-order valence-electron chi connectivity index (χ2n) is 5.76. The molecule has 0 amide bonds. The zero-order chi connectivity index (χ0) is 16.5. The maximum Gasteiger partial charge on any atom is 0.201 e. The van der Waals surface area contributed by atoms with Crippen molar-refractivity contribution in [3.8, 4) is 0 Å². The average Bonchev–Trinajstić information content (AvgIpc) is 2.93. The molecule has 0 unspecified atom stereocenters.